The Labute approximate surface area is 113 Å². The van der Waals surface area contributed by atoms with Crippen LogP contribution in [0, 0.1) is 0 Å². The molecule has 0 unspecified atom stereocenters. The van der Waals surface area contributed by atoms with Crippen LogP contribution in [0.2, 0.25) is 0 Å². The van der Waals surface area contributed by atoms with Gasteiger partial charge in [0.05, 0.1) is 0 Å². The number of likely N-dealkylation sites (N-methyl/N-ethyl adjacent to an activating group) is 2. The molecule has 1 N–H and O–H groups in total. The topological polar surface area (TPSA) is 52.7 Å². The first-order valence-electron chi connectivity index (χ1n) is 6.39. The molecule has 0 aromatic heterocycles. The lowest BCUT2D eigenvalue weighted by Gasteiger charge is -2.21. The quantitative estimate of drug-likeness (QED) is 0.830. The van der Waals surface area contributed by atoms with Gasteiger partial charge in [-0.25, -0.2) is 0 Å². The second-order valence-electron chi connectivity index (χ2n) is 4.74. The van der Waals surface area contributed by atoms with Gasteiger partial charge in [-0.05, 0) is 18.7 Å². The van der Waals surface area contributed by atoms with E-state index in [2.05, 4.69) is 5.32 Å². The van der Waals surface area contributed by atoms with Crippen LogP contribution in [0.1, 0.15) is 15.9 Å². The van der Waals surface area contributed by atoms with Crippen molar-refractivity contribution in [2.24, 2.45) is 0 Å². The number of amides is 2. The van der Waals surface area contributed by atoms with Gasteiger partial charge in [-0.2, -0.15) is 0 Å². The molecule has 102 valence electrons. The van der Waals surface area contributed by atoms with Gasteiger partial charge in [-0.15, -0.1) is 0 Å². The fourth-order valence-electron chi connectivity index (χ4n) is 2.13. The second-order valence-corrected chi connectivity index (χ2v) is 4.74. The molecule has 0 bridgehead atoms. The first kappa shape index (κ1) is 13.5. The maximum Gasteiger partial charge on any atom is 0.254 e. The minimum atomic E-state index is -0.0500. The molecule has 0 saturated heterocycles. The highest BCUT2D eigenvalue weighted by Gasteiger charge is 2.28. The van der Waals surface area contributed by atoms with Crippen LogP contribution >= 0.6 is 0 Å². The van der Waals surface area contributed by atoms with Crippen molar-refractivity contribution in [2.45, 2.75) is 6.54 Å². The Morgan fingerprint density at radius 3 is 2.84 bits per heavy atom. The number of benzene rings is 1. The van der Waals surface area contributed by atoms with E-state index in [9.17, 15) is 9.59 Å². The van der Waals surface area contributed by atoms with Crippen molar-refractivity contribution in [1.82, 2.24) is 15.1 Å². The molecule has 1 aromatic carbocycles. The highest BCUT2D eigenvalue weighted by molar-refractivity contribution is 6.00. The summed E-state index contributed by atoms with van der Waals surface area (Å²) in [4.78, 5) is 27.4. The molecule has 0 saturated carbocycles. The lowest BCUT2D eigenvalue weighted by Crippen LogP contribution is -2.40. The number of fused-ring (bicyclic) bond motifs is 1. The third kappa shape index (κ3) is 2.93. The zero-order valence-corrected chi connectivity index (χ0v) is 11.3. The maximum absolute atomic E-state index is 12.1. The molecule has 0 spiro atoms. The van der Waals surface area contributed by atoms with E-state index in [1.165, 1.54) is 0 Å². The summed E-state index contributed by atoms with van der Waals surface area (Å²) in [7, 11) is 3.60. The number of hydrogen-bond donors (Lipinski definition) is 1. The molecule has 0 atom stereocenters. The van der Waals surface area contributed by atoms with Crippen molar-refractivity contribution < 1.29 is 9.59 Å². The first-order valence-corrected chi connectivity index (χ1v) is 6.39. The van der Waals surface area contributed by atoms with Crippen LogP contribution in [0.25, 0.3) is 0 Å². The van der Waals surface area contributed by atoms with Crippen molar-refractivity contribution in [3.05, 3.63) is 35.4 Å². The fourth-order valence-corrected chi connectivity index (χ4v) is 2.13. The van der Waals surface area contributed by atoms with Crippen molar-refractivity contribution in [3.8, 4) is 0 Å². The largest absolute Gasteiger partial charge is 0.343 e. The molecular formula is C14H19N3O2. The zero-order chi connectivity index (χ0) is 13.8. The van der Waals surface area contributed by atoms with Crippen molar-refractivity contribution >= 4 is 11.8 Å². The number of carbonyl (C=O) groups is 2. The average molecular weight is 261 g/mol. The van der Waals surface area contributed by atoms with Crippen LogP contribution < -0.4 is 5.32 Å². The van der Waals surface area contributed by atoms with Crippen molar-refractivity contribution in [1.29, 1.82) is 0 Å². The molecule has 0 radical (unpaired) electrons. The first-order chi connectivity index (χ1) is 9.13. The van der Waals surface area contributed by atoms with Gasteiger partial charge in [0, 0.05) is 32.2 Å². The van der Waals surface area contributed by atoms with Gasteiger partial charge in [-0.3, -0.25) is 9.59 Å². The molecule has 1 aromatic rings. The van der Waals surface area contributed by atoms with Gasteiger partial charge in [0.2, 0.25) is 5.91 Å². The molecule has 19 heavy (non-hydrogen) atoms. The predicted octanol–water partition coefficient (Wildman–Crippen LogP) is 0.320. The molecule has 2 rings (SSSR count). The van der Waals surface area contributed by atoms with E-state index >= 15 is 0 Å². The fraction of sp³-hybridized carbons (Fsp3) is 0.429. The van der Waals surface area contributed by atoms with Crippen LogP contribution in [0.3, 0.4) is 0 Å². The number of nitrogens with zero attached hydrogens (tertiary/aromatic N) is 2. The normalized spacial score (nSPS) is 13.6. The summed E-state index contributed by atoms with van der Waals surface area (Å²) in [6, 6.07) is 7.51. The van der Waals surface area contributed by atoms with E-state index in [1.807, 2.05) is 31.3 Å². The standard InChI is InChI=1S/C14H19N3O2/c1-15-7-8-16(2)13(18)10-17-9-11-5-3-4-6-12(11)14(17)19/h3-6,15H,7-10H2,1-2H3. The minimum absolute atomic E-state index is 0.0311. The molecule has 5 heteroatoms. The van der Waals surface area contributed by atoms with Gasteiger partial charge < -0.3 is 15.1 Å². The summed E-state index contributed by atoms with van der Waals surface area (Å²) in [5, 5.41) is 3.00. The minimum Gasteiger partial charge on any atom is -0.343 e. The highest BCUT2D eigenvalue weighted by atomic mass is 16.2. The molecule has 1 aliphatic heterocycles. The van der Waals surface area contributed by atoms with Gasteiger partial charge in [0.25, 0.3) is 5.91 Å². The summed E-state index contributed by atoms with van der Waals surface area (Å²) < 4.78 is 0. The Morgan fingerprint density at radius 1 is 1.42 bits per heavy atom. The summed E-state index contributed by atoms with van der Waals surface area (Å²) in [5.41, 5.74) is 1.71. The van der Waals surface area contributed by atoms with Crippen LogP contribution in [-0.2, 0) is 11.3 Å². The van der Waals surface area contributed by atoms with E-state index in [1.54, 1.807) is 16.8 Å². The molecule has 0 aliphatic carbocycles. The molecular weight excluding hydrogens is 242 g/mol. The third-order valence-electron chi connectivity index (χ3n) is 3.35. The summed E-state index contributed by atoms with van der Waals surface area (Å²) in [6.45, 7) is 2.06. The Hall–Kier alpha value is -1.88. The monoisotopic (exact) mass is 261 g/mol. The van der Waals surface area contributed by atoms with E-state index in [-0.39, 0.29) is 18.4 Å². The van der Waals surface area contributed by atoms with Crippen LogP contribution in [0.4, 0.5) is 0 Å². The molecule has 5 nitrogen and oxygen atoms in total. The average Bonchev–Trinajstić information content (AvgIpc) is 2.73. The van der Waals surface area contributed by atoms with Gasteiger partial charge in [0.15, 0.2) is 0 Å². The Balaban J connectivity index is 1.95. The smallest absolute Gasteiger partial charge is 0.254 e. The van der Waals surface area contributed by atoms with Gasteiger partial charge >= 0.3 is 0 Å². The van der Waals surface area contributed by atoms with Gasteiger partial charge in [-0.1, -0.05) is 18.2 Å². The zero-order valence-electron chi connectivity index (χ0n) is 11.3. The van der Waals surface area contributed by atoms with E-state index in [0.29, 0.717) is 18.7 Å². The maximum atomic E-state index is 12.1. The lowest BCUT2D eigenvalue weighted by atomic mass is 10.1. The molecule has 1 heterocycles. The van der Waals surface area contributed by atoms with Crippen LogP contribution in [0.15, 0.2) is 24.3 Å². The summed E-state index contributed by atoms with van der Waals surface area (Å²) in [6.07, 6.45) is 0. The van der Waals surface area contributed by atoms with E-state index in [0.717, 1.165) is 12.1 Å². The summed E-state index contributed by atoms with van der Waals surface area (Å²) >= 11 is 0. The van der Waals surface area contributed by atoms with E-state index in [4.69, 9.17) is 0 Å². The highest BCUT2D eigenvalue weighted by Crippen LogP contribution is 2.21. The number of hydrogen-bond acceptors (Lipinski definition) is 3. The summed E-state index contributed by atoms with van der Waals surface area (Å²) in [5.74, 6) is -0.0811. The third-order valence-corrected chi connectivity index (χ3v) is 3.35. The second kappa shape index (κ2) is 5.84. The Morgan fingerprint density at radius 2 is 2.16 bits per heavy atom. The molecule has 1 aliphatic rings. The molecule has 0 fully saturated rings. The van der Waals surface area contributed by atoms with E-state index < -0.39 is 0 Å². The van der Waals surface area contributed by atoms with Gasteiger partial charge in [0.1, 0.15) is 6.54 Å². The predicted molar refractivity (Wildman–Crippen MR) is 72.7 cm³/mol. The Bertz CT molecular complexity index is 487. The van der Waals surface area contributed by atoms with Crippen LogP contribution in [-0.4, -0.2) is 55.3 Å². The number of nitrogens with one attached hydrogen (secondary N) is 1. The number of rotatable bonds is 5. The van der Waals surface area contributed by atoms with Crippen molar-refractivity contribution in [2.75, 3.05) is 33.7 Å². The van der Waals surface area contributed by atoms with Crippen molar-refractivity contribution in [3.63, 3.8) is 0 Å². The molecule has 2 amide bonds. The van der Waals surface area contributed by atoms with Crippen LogP contribution in [0.5, 0.6) is 0 Å². The Kier molecular flexibility index (Phi) is 4.16. The number of carbonyl (C=O) groups excluding carboxylic acids is 2. The SMILES string of the molecule is CNCCN(C)C(=O)CN1Cc2ccccc2C1=O. The lowest BCUT2D eigenvalue weighted by molar-refractivity contribution is -0.130.